The average molecular weight is 221 g/mol. The van der Waals surface area contributed by atoms with Crippen molar-refractivity contribution in [1.29, 1.82) is 0 Å². The number of hydrogen-bond donors (Lipinski definition) is 3. The highest BCUT2D eigenvalue weighted by Crippen LogP contribution is 1.97. The zero-order valence-corrected chi connectivity index (χ0v) is 9.79. The van der Waals surface area contributed by atoms with Crippen LogP contribution in [0, 0.1) is 0 Å². The molecule has 0 aliphatic heterocycles. The summed E-state index contributed by atoms with van der Waals surface area (Å²) in [6.45, 7) is 1.44. The van der Waals surface area contributed by atoms with Gasteiger partial charge in [0.2, 0.25) is 0 Å². The van der Waals surface area contributed by atoms with E-state index in [9.17, 15) is 4.79 Å². The fourth-order valence-corrected chi connectivity index (χ4v) is 1.43. The van der Waals surface area contributed by atoms with E-state index < -0.39 is 0 Å². The zero-order chi connectivity index (χ0) is 11.8. The Morgan fingerprint density at radius 1 is 1.19 bits per heavy atom. The Bertz CT molecular complexity index is 313. The number of likely N-dealkylation sites (N-methyl/N-ethyl adjacent to an activating group) is 2. The van der Waals surface area contributed by atoms with E-state index in [1.807, 2.05) is 44.4 Å². The second kappa shape index (κ2) is 6.98. The largest absolute Gasteiger partial charge is 0.350 e. The molecule has 3 N–H and O–H groups in total. The van der Waals surface area contributed by atoms with Crippen LogP contribution in [0.3, 0.4) is 0 Å². The van der Waals surface area contributed by atoms with Crippen molar-refractivity contribution in [2.24, 2.45) is 0 Å². The van der Waals surface area contributed by atoms with Crippen molar-refractivity contribution in [3.63, 3.8) is 0 Å². The lowest BCUT2D eigenvalue weighted by Crippen LogP contribution is -2.44. The minimum absolute atomic E-state index is 0.0306. The number of hydrogen-bond acceptors (Lipinski definition) is 3. The fourth-order valence-electron chi connectivity index (χ4n) is 1.43. The molecule has 0 aliphatic carbocycles. The monoisotopic (exact) mass is 221 g/mol. The molecule has 1 amide bonds. The highest BCUT2D eigenvalue weighted by atomic mass is 16.1. The van der Waals surface area contributed by atoms with E-state index in [1.54, 1.807) is 0 Å². The quantitative estimate of drug-likeness (QED) is 0.644. The molecule has 0 radical (unpaired) electrons. The number of nitrogens with one attached hydrogen (secondary N) is 3. The van der Waals surface area contributed by atoms with E-state index in [2.05, 4.69) is 16.0 Å². The van der Waals surface area contributed by atoms with Gasteiger partial charge in [-0.15, -0.1) is 0 Å². The van der Waals surface area contributed by atoms with E-state index in [-0.39, 0.29) is 11.9 Å². The van der Waals surface area contributed by atoms with Crippen molar-refractivity contribution in [3.05, 3.63) is 35.9 Å². The van der Waals surface area contributed by atoms with Crippen molar-refractivity contribution >= 4 is 5.91 Å². The Hall–Kier alpha value is -1.39. The van der Waals surface area contributed by atoms with Crippen LogP contribution in [0.5, 0.6) is 0 Å². The second-order valence-corrected chi connectivity index (χ2v) is 3.62. The third-order valence-corrected chi connectivity index (χ3v) is 2.40. The number of benzene rings is 1. The molecule has 1 aromatic carbocycles. The molecular weight excluding hydrogens is 202 g/mol. The molecule has 1 aromatic rings. The maximum absolute atomic E-state index is 11.7. The summed E-state index contributed by atoms with van der Waals surface area (Å²) in [6.07, 6.45) is 0. The molecule has 0 saturated carbocycles. The maximum Gasteiger partial charge on any atom is 0.251 e. The van der Waals surface area contributed by atoms with Crippen molar-refractivity contribution in [1.82, 2.24) is 16.0 Å². The van der Waals surface area contributed by atoms with Crippen LogP contribution in [0.2, 0.25) is 0 Å². The Morgan fingerprint density at radius 2 is 1.88 bits per heavy atom. The summed E-state index contributed by atoms with van der Waals surface area (Å²) in [5.41, 5.74) is 0.696. The Balaban J connectivity index is 2.40. The topological polar surface area (TPSA) is 53.2 Å². The molecule has 0 spiro atoms. The van der Waals surface area contributed by atoms with Gasteiger partial charge in [0.15, 0.2) is 0 Å². The van der Waals surface area contributed by atoms with Crippen LogP contribution < -0.4 is 16.0 Å². The summed E-state index contributed by atoms with van der Waals surface area (Å²) < 4.78 is 0. The van der Waals surface area contributed by atoms with Crippen LogP contribution in [0.4, 0.5) is 0 Å². The summed E-state index contributed by atoms with van der Waals surface area (Å²) in [4.78, 5) is 11.7. The minimum atomic E-state index is -0.0306. The molecule has 1 unspecified atom stereocenters. The van der Waals surface area contributed by atoms with Gasteiger partial charge in [-0.2, -0.15) is 0 Å². The number of rotatable bonds is 6. The summed E-state index contributed by atoms with van der Waals surface area (Å²) in [6, 6.07) is 9.48. The summed E-state index contributed by atoms with van der Waals surface area (Å²) in [7, 11) is 3.78. The van der Waals surface area contributed by atoms with Crippen molar-refractivity contribution in [2.75, 3.05) is 27.2 Å². The molecule has 1 rings (SSSR count). The Kier molecular flexibility index (Phi) is 5.53. The van der Waals surface area contributed by atoms with Crippen LogP contribution in [-0.2, 0) is 0 Å². The predicted molar refractivity (Wildman–Crippen MR) is 65.5 cm³/mol. The molecule has 0 fully saturated rings. The number of amides is 1. The summed E-state index contributed by atoms with van der Waals surface area (Å²) in [5, 5.41) is 9.09. The van der Waals surface area contributed by atoms with Crippen LogP contribution in [0.25, 0.3) is 0 Å². The summed E-state index contributed by atoms with van der Waals surface area (Å²) >= 11 is 0. The average Bonchev–Trinajstić information content (AvgIpc) is 2.35. The molecule has 4 nitrogen and oxygen atoms in total. The smallest absolute Gasteiger partial charge is 0.251 e. The van der Waals surface area contributed by atoms with Crippen molar-refractivity contribution in [3.8, 4) is 0 Å². The predicted octanol–water partition coefficient (Wildman–Crippen LogP) is 0.224. The lowest BCUT2D eigenvalue weighted by Gasteiger charge is -2.16. The molecule has 0 aromatic heterocycles. The van der Waals surface area contributed by atoms with Gasteiger partial charge in [0.25, 0.3) is 5.91 Å². The van der Waals surface area contributed by atoms with E-state index in [0.717, 1.165) is 6.54 Å². The second-order valence-electron chi connectivity index (χ2n) is 3.62. The lowest BCUT2D eigenvalue weighted by atomic mass is 10.2. The Labute approximate surface area is 96.4 Å². The SMILES string of the molecule is CNCC(CNC(=O)c1ccccc1)NC. The molecule has 0 bridgehead atoms. The molecule has 16 heavy (non-hydrogen) atoms. The zero-order valence-electron chi connectivity index (χ0n) is 9.79. The molecule has 0 aliphatic rings. The minimum Gasteiger partial charge on any atom is -0.350 e. The highest BCUT2D eigenvalue weighted by molar-refractivity contribution is 5.94. The standard InChI is InChI=1S/C12H19N3O/c1-13-8-11(14-2)9-15-12(16)10-6-4-3-5-7-10/h3-7,11,13-14H,8-9H2,1-2H3,(H,15,16). The van der Waals surface area contributed by atoms with Gasteiger partial charge in [-0.25, -0.2) is 0 Å². The highest BCUT2D eigenvalue weighted by Gasteiger charge is 2.08. The van der Waals surface area contributed by atoms with Gasteiger partial charge < -0.3 is 16.0 Å². The van der Waals surface area contributed by atoms with Gasteiger partial charge in [-0.1, -0.05) is 18.2 Å². The lowest BCUT2D eigenvalue weighted by molar-refractivity contribution is 0.0950. The third kappa shape index (κ3) is 4.00. The Morgan fingerprint density at radius 3 is 2.44 bits per heavy atom. The van der Waals surface area contributed by atoms with Crippen molar-refractivity contribution in [2.45, 2.75) is 6.04 Å². The third-order valence-electron chi connectivity index (χ3n) is 2.40. The first-order chi connectivity index (χ1) is 7.77. The van der Waals surface area contributed by atoms with Gasteiger partial charge in [0.1, 0.15) is 0 Å². The fraction of sp³-hybridized carbons (Fsp3) is 0.417. The van der Waals surface area contributed by atoms with E-state index in [0.29, 0.717) is 12.1 Å². The first-order valence-electron chi connectivity index (χ1n) is 5.43. The van der Waals surface area contributed by atoms with E-state index >= 15 is 0 Å². The van der Waals surface area contributed by atoms with Crippen LogP contribution in [0.15, 0.2) is 30.3 Å². The molecule has 0 saturated heterocycles. The van der Waals surface area contributed by atoms with E-state index in [1.165, 1.54) is 0 Å². The molecule has 0 heterocycles. The van der Waals surface area contributed by atoms with Crippen LogP contribution >= 0.6 is 0 Å². The van der Waals surface area contributed by atoms with Crippen molar-refractivity contribution < 1.29 is 4.79 Å². The van der Waals surface area contributed by atoms with Gasteiger partial charge in [-0.3, -0.25) is 4.79 Å². The number of carbonyl (C=O) groups is 1. The van der Waals surface area contributed by atoms with E-state index in [4.69, 9.17) is 0 Å². The van der Waals surface area contributed by atoms with Gasteiger partial charge in [0, 0.05) is 24.7 Å². The van der Waals surface area contributed by atoms with Crippen LogP contribution in [0.1, 0.15) is 10.4 Å². The normalized spacial score (nSPS) is 12.1. The number of carbonyl (C=O) groups excluding carboxylic acids is 1. The molecule has 88 valence electrons. The molecule has 4 heteroatoms. The summed E-state index contributed by atoms with van der Waals surface area (Å²) in [5.74, 6) is -0.0306. The first-order valence-corrected chi connectivity index (χ1v) is 5.43. The maximum atomic E-state index is 11.7. The van der Waals surface area contributed by atoms with Gasteiger partial charge in [0.05, 0.1) is 0 Å². The first kappa shape index (κ1) is 12.7. The van der Waals surface area contributed by atoms with Crippen LogP contribution in [-0.4, -0.2) is 39.1 Å². The molecule has 1 atom stereocenters. The van der Waals surface area contributed by atoms with Gasteiger partial charge >= 0.3 is 0 Å². The van der Waals surface area contributed by atoms with Gasteiger partial charge in [-0.05, 0) is 26.2 Å². The molecular formula is C12H19N3O.